The average molecular weight is 218 g/mol. The Morgan fingerprint density at radius 3 is 2.20 bits per heavy atom. The number of esters is 2. The van der Waals surface area contributed by atoms with Gasteiger partial charge in [-0.15, -0.1) is 0 Å². The monoisotopic (exact) mass is 218 g/mol. The summed E-state index contributed by atoms with van der Waals surface area (Å²) >= 11 is 0. The lowest BCUT2D eigenvalue weighted by Crippen LogP contribution is -2.37. The predicted octanol–water partition coefficient (Wildman–Crippen LogP) is -0.413. The Hall–Kier alpha value is -1.14. The summed E-state index contributed by atoms with van der Waals surface area (Å²) < 4.78 is 14.7. The van der Waals surface area contributed by atoms with Crippen LogP contribution in [0.4, 0.5) is 0 Å². The second-order valence-corrected chi connectivity index (χ2v) is 3.38. The van der Waals surface area contributed by atoms with Crippen molar-refractivity contribution in [3.8, 4) is 0 Å². The molecule has 86 valence electrons. The molecule has 0 aromatic heterocycles. The lowest BCUT2D eigenvalue weighted by atomic mass is 10.1. The molecule has 6 nitrogen and oxygen atoms in total. The fraction of sp³-hybridized carbons (Fsp3) is 0.778. The molecular weight excluding hydrogens is 204 g/mol. The number of carbonyl (C=O) groups excluding carboxylic acids is 2. The Labute approximate surface area is 87.1 Å². The number of ether oxygens (including phenoxy) is 3. The van der Waals surface area contributed by atoms with E-state index < -0.39 is 36.5 Å². The molecule has 0 spiro atoms. The van der Waals surface area contributed by atoms with Gasteiger partial charge in [0.15, 0.2) is 6.10 Å². The molecule has 15 heavy (non-hydrogen) atoms. The molecule has 1 fully saturated rings. The molecule has 0 aromatic carbocycles. The van der Waals surface area contributed by atoms with E-state index >= 15 is 0 Å². The van der Waals surface area contributed by atoms with Crippen LogP contribution in [0.25, 0.3) is 0 Å². The molecular formula is C9H14O6. The summed E-state index contributed by atoms with van der Waals surface area (Å²) in [6.07, 6.45) is -3.52. The number of rotatable bonds is 2. The first-order valence-corrected chi connectivity index (χ1v) is 4.59. The molecule has 3 unspecified atom stereocenters. The highest BCUT2D eigenvalue weighted by Gasteiger charge is 2.45. The molecule has 1 aliphatic heterocycles. The van der Waals surface area contributed by atoms with Gasteiger partial charge in [-0.05, 0) is 6.92 Å². The van der Waals surface area contributed by atoms with Gasteiger partial charge in [-0.1, -0.05) is 0 Å². The van der Waals surface area contributed by atoms with Gasteiger partial charge in [-0.2, -0.15) is 0 Å². The fourth-order valence-corrected chi connectivity index (χ4v) is 1.37. The molecule has 0 bridgehead atoms. The first kappa shape index (κ1) is 11.9. The van der Waals surface area contributed by atoms with E-state index in [2.05, 4.69) is 0 Å². The maximum Gasteiger partial charge on any atom is 0.305 e. The maximum absolute atomic E-state index is 10.8. The zero-order chi connectivity index (χ0) is 11.6. The molecule has 0 aliphatic carbocycles. The largest absolute Gasteiger partial charge is 0.453 e. The van der Waals surface area contributed by atoms with Crippen LogP contribution in [0.1, 0.15) is 20.8 Å². The first-order chi connectivity index (χ1) is 6.91. The van der Waals surface area contributed by atoms with Crippen molar-refractivity contribution < 1.29 is 28.9 Å². The van der Waals surface area contributed by atoms with Crippen LogP contribution in [0.5, 0.6) is 0 Å². The summed E-state index contributed by atoms with van der Waals surface area (Å²) in [6.45, 7) is 4.02. The molecule has 0 amide bonds. The lowest BCUT2D eigenvalue weighted by molar-refractivity contribution is -0.194. The fourth-order valence-electron chi connectivity index (χ4n) is 1.37. The van der Waals surface area contributed by atoms with Crippen LogP contribution < -0.4 is 0 Å². The predicted molar refractivity (Wildman–Crippen MR) is 47.7 cm³/mol. The van der Waals surface area contributed by atoms with Gasteiger partial charge in [0.2, 0.25) is 6.29 Å². The van der Waals surface area contributed by atoms with Crippen LogP contribution in [0.15, 0.2) is 0 Å². The summed E-state index contributed by atoms with van der Waals surface area (Å²) in [4.78, 5) is 21.5. The van der Waals surface area contributed by atoms with Crippen molar-refractivity contribution in [1.29, 1.82) is 0 Å². The zero-order valence-corrected chi connectivity index (χ0v) is 8.80. The molecule has 0 aromatic rings. The minimum Gasteiger partial charge on any atom is -0.453 e. The van der Waals surface area contributed by atoms with Crippen molar-refractivity contribution >= 4 is 11.9 Å². The normalized spacial score (nSPS) is 34.9. The smallest absolute Gasteiger partial charge is 0.305 e. The lowest BCUT2D eigenvalue weighted by Gasteiger charge is -2.19. The highest BCUT2D eigenvalue weighted by atomic mass is 16.7. The standard InChI is InChI=1S/C9H14O6/c1-4-7(12)8(14-5(2)10)9(13-4)15-6(3)11/h4,7-9,12H,1-3H3/t4?,7-,8?,9?/m0/s1. The molecule has 4 atom stereocenters. The van der Waals surface area contributed by atoms with E-state index in [1.807, 2.05) is 0 Å². The van der Waals surface area contributed by atoms with Gasteiger partial charge >= 0.3 is 11.9 Å². The van der Waals surface area contributed by atoms with E-state index in [4.69, 9.17) is 14.2 Å². The first-order valence-electron chi connectivity index (χ1n) is 4.59. The van der Waals surface area contributed by atoms with Crippen molar-refractivity contribution in [3.05, 3.63) is 0 Å². The van der Waals surface area contributed by atoms with E-state index in [-0.39, 0.29) is 0 Å². The van der Waals surface area contributed by atoms with Crippen molar-refractivity contribution in [2.24, 2.45) is 0 Å². The number of hydrogen-bond donors (Lipinski definition) is 1. The van der Waals surface area contributed by atoms with Crippen LogP contribution in [-0.2, 0) is 23.8 Å². The topological polar surface area (TPSA) is 82.1 Å². The Balaban J connectivity index is 2.68. The summed E-state index contributed by atoms with van der Waals surface area (Å²) in [5.74, 6) is -1.12. The van der Waals surface area contributed by atoms with Gasteiger partial charge in [0, 0.05) is 13.8 Å². The van der Waals surface area contributed by atoms with Crippen LogP contribution in [0, 0.1) is 0 Å². The quantitative estimate of drug-likeness (QED) is 0.634. The van der Waals surface area contributed by atoms with Gasteiger partial charge in [0.1, 0.15) is 6.10 Å². The summed E-state index contributed by atoms with van der Waals surface area (Å²) in [7, 11) is 0. The maximum atomic E-state index is 10.8. The van der Waals surface area contributed by atoms with Gasteiger partial charge < -0.3 is 19.3 Å². The van der Waals surface area contributed by atoms with E-state index in [0.29, 0.717) is 0 Å². The van der Waals surface area contributed by atoms with E-state index in [1.165, 1.54) is 13.8 Å². The number of aliphatic hydroxyl groups excluding tert-OH is 1. The van der Waals surface area contributed by atoms with E-state index in [9.17, 15) is 14.7 Å². The minimum absolute atomic E-state index is 0.543. The van der Waals surface area contributed by atoms with Gasteiger partial charge in [0.25, 0.3) is 0 Å². The number of hydrogen-bond acceptors (Lipinski definition) is 6. The molecule has 6 heteroatoms. The Morgan fingerprint density at radius 2 is 1.73 bits per heavy atom. The highest BCUT2D eigenvalue weighted by Crippen LogP contribution is 2.24. The second-order valence-electron chi connectivity index (χ2n) is 3.38. The summed E-state index contributed by atoms with van der Waals surface area (Å²) in [5.41, 5.74) is 0. The van der Waals surface area contributed by atoms with Crippen molar-refractivity contribution in [3.63, 3.8) is 0 Å². The molecule has 1 saturated heterocycles. The SMILES string of the molecule is CC(=O)OC1OC(C)[C@H](O)C1OC(C)=O. The van der Waals surface area contributed by atoms with Crippen LogP contribution in [0.3, 0.4) is 0 Å². The van der Waals surface area contributed by atoms with Crippen LogP contribution >= 0.6 is 0 Å². The molecule has 0 saturated carbocycles. The van der Waals surface area contributed by atoms with Gasteiger partial charge in [-0.3, -0.25) is 9.59 Å². The van der Waals surface area contributed by atoms with Gasteiger partial charge in [0.05, 0.1) is 6.10 Å². The molecule has 0 radical (unpaired) electrons. The molecule has 1 N–H and O–H groups in total. The van der Waals surface area contributed by atoms with Crippen molar-refractivity contribution in [1.82, 2.24) is 0 Å². The Bertz CT molecular complexity index is 263. The number of aliphatic hydroxyl groups is 1. The number of carbonyl (C=O) groups is 2. The second kappa shape index (κ2) is 4.59. The van der Waals surface area contributed by atoms with E-state index in [1.54, 1.807) is 6.92 Å². The third-order valence-corrected chi connectivity index (χ3v) is 2.02. The highest BCUT2D eigenvalue weighted by molar-refractivity contribution is 5.67. The minimum atomic E-state index is -1.03. The third-order valence-electron chi connectivity index (χ3n) is 2.02. The Morgan fingerprint density at radius 1 is 1.20 bits per heavy atom. The van der Waals surface area contributed by atoms with E-state index in [0.717, 1.165) is 0 Å². The summed E-state index contributed by atoms with van der Waals surface area (Å²) in [6, 6.07) is 0. The Kier molecular flexibility index (Phi) is 3.65. The average Bonchev–Trinajstić information content (AvgIpc) is 2.31. The van der Waals surface area contributed by atoms with Crippen LogP contribution in [-0.4, -0.2) is 41.6 Å². The molecule has 1 heterocycles. The summed E-state index contributed by atoms with van der Waals surface area (Å²) in [5, 5.41) is 9.60. The van der Waals surface area contributed by atoms with Gasteiger partial charge in [-0.25, -0.2) is 0 Å². The molecule has 1 aliphatic rings. The van der Waals surface area contributed by atoms with Crippen LogP contribution in [0.2, 0.25) is 0 Å². The molecule has 1 rings (SSSR count). The van der Waals surface area contributed by atoms with Crippen molar-refractivity contribution in [2.75, 3.05) is 0 Å². The third kappa shape index (κ3) is 2.90. The zero-order valence-electron chi connectivity index (χ0n) is 8.80. The van der Waals surface area contributed by atoms with Crippen molar-refractivity contribution in [2.45, 2.75) is 45.4 Å².